The van der Waals surface area contributed by atoms with Crippen molar-refractivity contribution in [3.63, 3.8) is 0 Å². The zero-order valence-electron chi connectivity index (χ0n) is 8.56. The molecule has 1 aliphatic carbocycles. The lowest BCUT2D eigenvalue weighted by Gasteiger charge is -2.41. The van der Waals surface area contributed by atoms with E-state index >= 15 is 0 Å². The standard InChI is InChI=1S/C11H14O3S/c1-2-7-3-4-15-9(7)11(10(13)14)5-8(12)6-11/h3-4,8,12H,2,5-6H2,1H3,(H,13,14). The van der Waals surface area contributed by atoms with E-state index in [9.17, 15) is 15.0 Å². The number of aliphatic hydroxyl groups is 1. The van der Waals surface area contributed by atoms with Crippen molar-refractivity contribution >= 4 is 17.3 Å². The molecule has 1 saturated carbocycles. The number of carboxylic acid groups (broad SMARTS) is 1. The largest absolute Gasteiger partial charge is 0.481 e. The second-order valence-corrected chi connectivity index (χ2v) is 4.99. The maximum atomic E-state index is 11.3. The van der Waals surface area contributed by atoms with Crippen molar-refractivity contribution in [2.75, 3.05) is 0 Å². The fourth-order valence-corrected chi connectivity index (χ4v) is 3.45. The molecule has 0 spiro atoms. The average Bonchev–Trinajstić information content (AvgIpc) is 2.59. The summed E-state index contributed by atoms with van der Waals surface area (Å²) in [5, 5.41) is 20.6. The van der Waals surface area contributed by atoms with Crippen molar-refractivity contribution < 1.29 is 15.0 Å². The number of aliphatic carboxylic acids is 1. The van der Waals surface area contributed by atoms with Crippen molar-refractivity contribution in [1.82, 2.24) is 0 Å². The Balaban J connectivity index is 2.38. The van der Waals surface area contributed by atoms with E-state index in [4.69, 9.17) is 0 Å². The van der Waals surface area contributed by atoms with Crippen LogP contribution in [-0.2, 0) is 16.6 Å². The minimum absolute atomic E-state index is 0.357. The molecule has 1 aliphatic rings. The Labute approximate surface area is 92.4 Å². The Morgan fingerprint density at radius 3 is 2.80 bits per heavy atom. The molecule has 3 nitrogen and oxygen atoms in total. The molecule has 1 aromatic heterocycles. The molecular weight excluding hydrogens is 212 g/mol. The minimum Gasteiger partial charge on any atom is -0.481 e. The second kappa shape index (κ2) is 3.61. The maximum Gasteiger partial charge on any atom is 0.315 e. The van der Waals surface area contributed by atoms with Gasteiger partial charge in [-0.3, -0.25) is 4.79 Å². The Morgan fingerprint density at radius 2 is 2.33 bits per heavy atom. The molecular formula is C11H14O3S. The van der Waals surface area contributed by atoms with E-state index in [0.717, 1.165) is 16.9 Å². The highest BCUT2D eigenvalue weighted by molar-refractivity contribution is 7.10. The monoisotopic (exact) mass is 226 g/mol. The molecule has 1 fully saturated rings. The predicted octanol–water partition coefficient (Wildman–Crippen LogP) is 1.79. The molecule has 2 N–H and O–H groups in total. The zero-order chi connectivity index (χ0) is 11.1. The fraction of sp³-hybridized carbons (Fsp3) is 0.545. The van der Waals surface area contributed by atoms with Gasteiger partial charge in [-0.05, 0) is 36.3 Å². The van der Waals surface area contributed by atoms with Gasteiger partial charge in [0.25, 0.3) is 0 Å². The van der Waals surface area contributed by atoms with Gasteiger partial charge in [0.15, 0.2) is 0 Å². The molecule has 0 amide bonds. The molecule has 1 aromatic rings. The second-order valence-electron chi connectivity index (χ2n) is 4.08. The number of carbonyl (C=O) groups is 1. The molecule has 0 radical (unpaired) electrons. The van der Waals surface area contributed by atoms with Crippen molar-refractivity contribution in [3.05, 3.63) is 21.9 Å². The van der Waals surface area contributed by atoms with Crippen LogP contribution in [0.1, 0.15) is 30.2 Å². The Hall–Kier alpha value is -0.870. The van der Waals surface area contributed by atoms with E-state index in [0.29, 0.717) is 12.8 Å². The molecule has 1 heterocycles. The molecule has 0 saturated heterocycles. The summed E-state index contributed by atoms with van der Waals surface area (Å²) in [5.41, 5.74) is 0.299. The van der Waals surface area contributed by atoms with Gasteiger partial charge in [0, 0.05) is 4.88 Å². The summed E-state index contributed by atoms with van der Waals surface area (Å²) in [5.74, 6) is -0.801. The van der Waals surface area contributed by atoms with Gasteiger partial charge < -0.3 is 10.2 Å². The number of aliphatic hydroxyl groups excluding tert-OH is 1. The van der Waals surface area contributed by atoms with Crippen LogP contribution in [0.15, 0.2) is 11.4 Å². The van der Waals surface area contributed by atoms with Gasteiger partial charge in [0.2, 0.25) is 0 Å². The summed E-state index contributed by atoms with van der Waals surface area (Å²) in [6.07, 6.45) is 1.11. The maximum absolute atomic E-state index is 11.3. The third-order valence-electron chi connectivity index (χ3n) is 3.14. The van der Waals surface area contributed by atoms with Crippen molar-refractivity contribution in [1.29, 1.82) is 0 Å². The van der Waals surface area contributed by atoms with Gasteiger partial charge in [-0.25, -0.2) is 0 Å². The topological polar surface area (TPSA) is 57.5 Å². The number of hydrogen-bond donors (Lipinski definition) is 2. The summed E-state index contributed by atoms with van der Waals surface area (Å²) in [6, 6.07) is 1.98. The molecule has 2 rings (SSSR count). The van der Waals surface area contributed by atoms with E-state index in [1.54, 1.807) is 0 Å². The molecule has 0 unspecified atom stereocenters. The van der Waals surface area contributed by atoms with E-state index in [-0.39, 0.29) is 0 Å². The van der Waals surface area contributed by atoms with Gasteiger partial charge in [0.1, 0.15) is 5.41 Å². The minimum atomic E-state index is -0.807. The van der Waals surface area contributed by atoms with E-state index in [2.05, 4.69) is 0 Å². The first-order chi connectivity index (χ1) is 7.10. The quantitative estimate of drug-likeness (QED) is 0.826. The van der Waals surface area contributed by atoms with Crippen LogP contribution in [0.3, 0.4) is 0 Å². The molecule has 0 aliphatic heterocycles. The number of thiophene rings is 1. The van der Waals surface area contributed by atoms with Crippen LogP contribution in [0.5, 0.6) is 0 Å². The summed E-state index contributed by atoms with van der Waals surface area (Å²) in [7, 11) is 0. The van der Waals surface area contributed by atoms with Gasteiger partial charge >= 0.3 is 5.97 Å². The summed E-state index contributed by atoms with van der Waals surface area (Å²) >= 11 is 1.50. The first kappa shape index (κ1) is 10.6. The van der Waals surface area contributed by atoms with Crippen LogP contribution in [0, 0.1) is 0 Å². The zero-order valence-corrected chi connectivity index (χ0v) is 9.38. The first-order valence-corrected chi connectivity index (χ1v) is 5.96. The average molecular weight is 226 g/mol. The highest BCUT2D eigenvalue weighted by Crippen LogP contribution is 2.47. The lowest BCUT2D eigenvalue weighted by Crippen LogP contribution is -2.50. The third-order valence-corrected chi connectivity index (χ3v) is 4.30. The van der Waals surface area contributed by atoms with E-state index < -0.39 is 17.5 Å². The summed E-state index contributed by atoms with van der Waals surface area (Å²) in [4.78, 5) is 12.2. The Kier molecular flexibility index (Phi) is 2.56. The molecule has 0 aromatic carbocycles. The van der Waals surface area contributed by atoms with Crippen LogP contribution in [-0.4, -0.2) is 22.3 Å². The van der Waals surface area contributed by atoms with Crippen molar-refractivity contribution in [2.24, 2.45) is 0 Å². The van der Waals surface area contributed by atoms with Crippen LogP contribution >= 0.6 is 11.3 Å². The summed E-state index contributed by atoms with van der Waals surface area (Å²) < 4.78 is 0. The number of carboxylic acids is 1. The lowest BCUT2D eigenvalue weighted by atomic mass is 9.65. The lowest BCUT2D eigenvalue weighted by molar-refractivity contribution is -0.152. The number of hydrogen-bond acceptors (Lipinski definition) is 3. The highest BCUT2D eigenvalue weighted by Gasteiger charge is 2.52. The van der Waals surface area contributed by atoms with Crippen molar-refractivity contribution in [3.8, 4) is 0 Å². The predicted molar refractivity (Wildman–Crippen MR) is 58.3 cm³/mol. The van der Waals surface area contributed by atoms with Crippen LogP contribution in [0.2, 0.25) is 0 Å². The molecule has 4 heteroatoms. The Bertz CT molecular complexity index is 377. The molecule has 0 atom stereocenters. The fourth-order valence-electron chi connectivity index (χ4n) is 2.24. The number of aryl methyl sites for hydroxylation is 1. The smallest absolute Gasteiger partial charge is 0.315 e. The number of rotatable bonds is 3. The SMILES string of the molecule is CCc1ccsc1C1(C(=O)O)CC(O)C1. The molecule has 15 heavy (non-hydrogen) atoms. The Morgan fingerprint density at radius 1 is 1.67 bits per heavy atom. The van der Waals surface area contributed by atoms with Crippen LogP contribution in [0.25, 0.3) is 0 Å². The highest BCUT2D eigenvalue weighted by atomic mass is 32.1. The summed E-state index contributed by atoms with van der Waals surface area (Å²) in [6.45, 7) is 2.02. The van der Waals surface area contributed by atoms with E-state index in [1.807, 2.05) is 18.4 Å². The van der Waals surface area contributed by atoms with Crippen LogP contribution < -0.4 is 0 Å². The van der Waals surface area contributed by atoms with E-state index in [1.165, 1.54) is 11.3 Å². The van der Waals surface area contributed by atoms with Gasteiger partial charge in [-0.2, -0.15) is 0 Å². The normalized spacial score (nSPS) is 29.9. The van der Waals surface area contributed by atoms with Gasteiger partial charge in [0.05, 0.1) is 6.10 Å². The first-order valence-electron chi connectivity index (χ1n) is 5.08. The van der Waals surface area contributed by atoms with Gasteiger partial charge in [-0.1, -0.05) is 6.92 Å². The van der Waals surface area contributed by atoms with Crippen LogP contribution in [0.4, 0.5) is 0 Å². The van der Waals surface area contributed by atoms with Crippen molar-refractivity contribution in [2.45, 2.75) is 37.7 Å². The molecule has 0 bridgehead atoms. The molecule has 82 valence electrons. The third kappa shape index (κ3) is 1.48. The van der Waals surface area contributed by atoms with Gasteiger partial charge in [-0.15, -0.1) is 11.3 Å².